The van der Waals surface area contributed by atoms with Gasteiger partial charge in [0, 0.05) is 51.9 Å². The van der Waals surface area contributed by atoms with Crippen LogP contribution in [-0.2, 0) is 22.9 Å². The van der Waals surface area contributed by atoms with Crippen molar-refractivity contribution in [2.24, 2.45) is 0 Å². The molecular weight excluding hydrogens is 478 g/mol. The first-order valence-corrected chi connectivity index (χ1v) is 12.8. The Kier molecular flexibility index (Phi) is 5.19. The lowest BCUT2D eigenvalue weighted by atomic mass is 9.96. The van der Waals surface area contributed by atoms with Crippen LogP contribution in [0.15, 0.2) is 45.9 Å². The van der Waals surface area contributed by atoms with Gasteiger partial charge in [0.2, 0.25) is 0 Å². The summed E-state index contributed by atoms with van der Waals surface area (Å²) in [5.74, 6) is 0.452. The second kappa shape index (κ2) is 7.76. The van der Waals surface area contributed by atoms with Gasteiger partial charge in [-0.05, 0) is 49.6 Å². The van der Waals surface area contributed by atoms with Gasteiger partial charge in [-0.2, -0.15) is 0 Å². The number of ether oxygens (including phenoxy) is 1. The number of fused-ring (bicyclic) bond motifs is 2. The summed E-state index contributed by atoms with van der Waals surface area (Å²) in [5, 5.41) is 4.26. The number of aromatic nitrogens is 2. The number of hydrogen-bond donors (Lipinski definition) is 1. The minimum absolute atomic E-state index is 0.175. The zero-order valence-corrected chi connectivity index (χ0v) is 19.9. The first-order valence-electron chi connectivity index (χ1n) is 10.5. The van der Waals surface area contributed by atoms with E-state index in [1.54, 1.807) is 12.3 Å². The number of benzene rings is 1. The molecule has 162 valence electrons. The SMILES string of the molecule is CCc1ccc2c(C3=CCNC(C)C3)cn(S(=O)(=O)c3cc(Br)cc4c3OCC4)c2n1. The van der Waals surface area contributed by atoms with E-state index >= 15 is 0 Å². The van der Waals surface area contributed by atoms with Crippen molar-refractivity contribution in [2.45, 2.75) is 44.0 Å². The Hall–Kier alpha value is -2.16. The van der Waals surface area contributed by atoms with E-state index in [1.807, 2.05) is 25.1 Å². The summed E-state index contributed by atoms with van der Waals surface area (Å²) >= 11 is 3.47. The minimum atomic E-state index is -3.91. The van der Waals surface area contributed by atoms with Crippen LogP contribution in [0, 0.1) is 0 Å². The van der Waals surface area contributed by atoms with Gasteiger partial charge in [-0.3, -0.25) is 0 Å². The molecule has 6 nitrogen and oxygen atoms in total. The lowest BCUT2D eigenvalue weighted by molar-refractivity contribution is 0.348. The average Bonchev–Trinajstić information content (AvgIpc) is 3.37. The second-order valence-corrected chi connectivity index (χ2v) is 10.8. The highest BCUT2D eigenvalue weighted by molar-refractivity contribution is 9.10. The number of hydrogen-bond acceptors (Lipinski definition) is 5. The summed E-state index contributed by atoms with van der Waals surface area (Å²) in [6.45, 7) is 5.41. The quantitative estimate of drug-likeness (QED) is 0.576. The molecule has 1 atom stereocenters. The number of rotatable bonds is 4. The maximum absolute atomic E-state index is 13.9. The standard InChI is InChI=1S/C23H24BrN3O3S/c1-3-18-4-5-19-20(15-6-8-25-14(2)10-15)13-27(23(19)26-18)31(28,29)21-12-17(24)11-16-7-9-30-22(16)21/h4-6,11-14,25H,3,7-10H2,1-2H3. The second-order valence-electron chi connectivity index (χ2n) is 8.10. The van der Waals surface area contributed by atoms with E-state index in [9.17, 15) is 8.42 Å². The third kappa shape index (κ3) is 3.50. The Bertz CT molecular complexity index is 1330. The molecular formula is C23H24BrN3O3S. The predicted molar refractivity (Wildman–Crippen MR) is 125 cm³/mol. The molecule has 2 aromatic heterocycles. The van der Waals surface area contributed by atoms with Gasteiger partial charge in [0.25, 0.3) is 10.0 Å². The van der Waals surface area contributed by atoms with Crippen molar-refractivity contribution >= 4 is 42.6 Å². The number of halogens is 1. The monoisotopic (exact) mass is 501 g/mol. The molecule has 5 rings (SSSR count). The molecule has 1 N–H and O–H groups in total. The maximum Gasteiger partial charge on any atom is 0.273 e. The molecule has 2 aliphatic heterocycles. The summed E-state index contributed by atoms with van der Waals surface area (Å²) in [7, 11) is -3.91. The van der Waals surface area contributed by atoms with Crippen molar-refractivity contribution in [3.05, 3.63) is 57.8 Å². The molecule has 3 aromatic rings. The zero-order valence-electron chi connectivity index (χ0n) is 17.5. The van der Waals surface area contributed by atoms with Crippen LogP contribution in [-0.4, -0.2) is 36.6 Å². The molecule has 0 saturated carbocycles. The summed E-state index contributed by atoms with van der Waals surface area (Å²) in [6.07, 6.45) is 6.14. The number of nitrogens with one attached hydrogen (secondary N) is 1. The highest BCUT2D eigenvalue weighted by Gasteiger charge is 2.30. The molecule has 8 heteroatoms. The van der Waals surface area contributed by atoms with Gasteiger partial charge in [0.05, 0.1) is 6.61 Å². The van der Waals surface area contributed by atoms with E-state index in [0.717, 1.165) is 51.6 Å². The number of pyridine rings is 1. The fraction of sp³-hybridized carbons (Fsp3) is 0.348. The van der Waals surface area contributed by atoms with E-state index in [0.29, 0.717) is 30.5 Å². The Balaban J connectivity index is 1.76. The summed E-state index contributed by atoms with van der Waals surface area (Å²) in [4.78, 5) is 4.90. The van der Waals surface area contributed by atoms with Crippen molar-refractivity contribution in [3.8, 4) is 5.75 Å². The van der Waals surface area contributed by atoms with Gasteiger partial charge in [0.1, 0.15) is 10.6 Å². The molecule has 0 saturated heterocycles. The zero-order chi connectivity index (χ0) is 21.8. The van der Waals surface area contributed by atoms with Crippen LogP contribution in [0.25, 0.3) is 16.6 Å². The minimum Gasteiger partial charge on any atom is -0.492 e. The van der Waals surface area contributed by atoms with Crippen LogP contribution in [0.2, 0.25) is 0 Å². The van der Waals surface area contributed by atoms with Crippen molar-refractivity contribution in [1.29, 1.82) is 0 Å². The molecule has 0 fully saturated rings. The molecule has 0 spiro atoms. The van der Waals surface area contributed by atoms with Crippen molar-refractivity contribution in [3.63, 3.8) is 0 Å². The van der Waals surface area contributed by atoms with Crippen molar-refractivity contribution in [2.75, 3.05) is 13.2 Å². The maximum atomic E-state index is 13.9. The van der Waals surface area contributed by atoms with E-state index in [-0.39, 0.29) is 4.90 Å². The summed E-state index contributed by atoms with van der Waals surface area (Å²) < 4.78 is 35.6. The van der Waals surface area contributed by atoms with Gasteiger partial charge in [-0.1, -0.05) is 28.9 Å². The number of nitrogens with zero attached hydrogens (tertiary/aromatic N) is 2. The van der Waals surface area contributed by atoms with Crippen LogP contribution in [0.1, 0.15) is 37.1 Å². The smallest absolute Gasteiger partial charge is 0.273 e. The summed E-state index contributed by atoms with van der Waals surface area (Å²) in [5.41, 5.74) is 4.30. The predicted octanol–water partition coefficient (Wildman–Crippen LogP) is 4.30. The van der Waals surface area contributed by atoms with Crippen LogP contribution in [0.5, 0.6) is 5.75 Å². The number of aryl methyl sites for hydroxylation is 1. The third-order valence-corrected chi connectivity index (χ3v) is 8.09. The van der Waals surface area contributed by atoms with Crippen LogP contribution in [0.4, 0.5) is 0 Å². The van der Waals surface area contributed by atoms with Gasteiger partial charge in [-0.15, -0.1) is 0 Å². The lowest BCUT2D eigenvalue weighted by Crippen LogP contribution is -2.29. The molecule has 4 heterocycles. The van der Waals surface area contributed by atoms with Gasteiger partial charge < -0.3 is 10.1 Å². The van der Waals surface area contributed by atoms with E-state index in [4.69, 9.17) is 9.72 Å². The summed E-state index contributed by atoms with van der Waals surface area (Å²) in [6, 6.07) is 7.86. The molecule has 0 aliphatic carbocycles. The molecule has 31 heavy (non-hydrogen) atoms. The third-order valence-electron chi connectivity index (χ3n) is 5.98. The van der Waals surface area contributed by atoms with Gasteiger partial charge >= 0.3 is 0 Å². The first kappa shape index (κ1) is 20.7. The van der Waals surface area contributed by atoms with Gasteiger partial charge in [-0.25, -0.2) is 17.4 Å². The van der Waals surface area contributed by atoms with E-state index in [1.165, 1.54) is 3.97 Å². The Morgan fingerprint density at radius 3 is 2.94 bits per heavy atom. The van der Waals surface area contributed by atoms with Crippen molar-refractivity contribution in [1.82, 2.24) is 14.3 Å². The normalized spacial score (nSPS) is 18.7. The molecule has 1 unspecified atom stereocenters. The van der Waals surface area contributed by atoms with E-state index in [2.05, 4.69) is 34.2 Å². The van der Waals surface area contributed by atoms with Crippen LogP contribution in [0.3, 0.4) is 0 Å². The fourth-order valence-electron chi connectivity index (χ4n) is 4.37. The molecule has 0 radical (unpaired) electrons. The first-order chi connectivity index (χ1) is 14.9. The molecule has 0 amide bonds. The Morgan fingerprint density at radius 2 is 2.16 bits per heavy atom. The largest absolute Gasteiger partial charge is 0.492 e. The topological polar surface area (TPSA) is 73.2 Å². The lowest BCUT2D eigenvalue weighted by Gasteiger charge is -2.20. The van der Waals surface area contributed by atoms with Crippen molar-refractivity contribution < 1.29 is 13.2 Å². The van der Waals surface area contributed by atoms with Crippen LogP contribution >= 0.6 is 15.9 Å². The molecule has 0 bridgehead atoms. The van der Waals surface area contributed by atoms with E-state index < -0.39 is 10.0 Å². The highest BCUT2D eigenvalue weighted by atomic mass is 79.9. The average molecular weight is 502 g/mol. The fourth-order valence-corrected chi connectivity index (χ4v) is 6.55. The molecule has 2 aliphatic rings. The Labute approximate surface area is 190 Å². The van der Waals surface area contributed by atoms with Gasteiger partial charge in [0.15, 0.2) is 5.65 Å². The highest BCUT2D eigenvalue weighted by Crippen LogP contribution is 2.39. The molecule has 1 aromatic carbocycles. The Morgan fingerprint density at radius 1 is 1.32 bits per heavy atom. The van der Waals surface area contributed by atoms with Crippen LogP contribution < -0.4 is 10.1 Å².